The van der Waals surface area contributed by atoms with Crippen LogP contribution in [0.1, 0.15) is 43.6 Å². The minimum Gasteiger partial charge on any atom is -0.369 e. The zero-order chi connectivity index (χ0) is 14.4. The van der Waals surface area contributed by atoms with Gasteiger partial charge in [0.15, 0.2) is 5.69 Å². The van der Waals surface area contributed by atoms with Crippen molar-refractivity contribution in [1.82, 2.24) is 15.5 Å². The van der Waals surface area contributed by atoms with Crippen LogP contribution in [0.5, 0.6) is 0 Å². The average molecular weight is 294 g/mol. The molecule has 6 heteroatoms. The summed E-state index contributed by atoms with van der Waals surface area (Å²) in [5.74, 6) is 1.72. The molecular weight excluding hydrogens is 272 g/mol. The van der Waals surface area contributed by atoms with Crippen LogP contribution in [0.3, 0.4) is 0 Å². The molecule has 110 valence electrons. The average Bonchev–Trinajstić information content (AvgIpc) is 2.88. The molecule has 2 atom stereocenters. The molecule has 1 fully saturated rings. The number of hydrogen-bond acceptors (Lipinski definition) is 5. The summed E-state index contributed by atoms with van der Waals surface area (Å²) in [5, 5.41) is 14.8. The molecule has 0 bridgehead atoms. The second kappa shape index (κ2) is 7.47. The SMILES string of the molecule is CCNc1ccc(C(=O)NC2CCC(SCC)C2)nn1. The Morgan fingerprint density at radius 1 is 1.35 bits per heavy atom. The second-order valence-corrected chi connectivity index (χ2v) is 6.47. The summed E-state index contributed by atoms with van der Waals surface area (Å²) in [6.07, 6.45) is 3.31. The summed E-state index contributed by atoms with van der Waals surface area (Å²) < 4.78 is 0. The molecule has 1 aromatic heterocycles. The Labute approximate surface area is 124 Å². The second-order valence-electron chi connectivity index (χ2n) is 4.89. The summed E-state index contributed by atoms with van der Waals surface area (Å²) in [7, 11) is 0. The van der Waals surface area contributed by atoms with Crippen LogP contribution < -0.4 is 10.6 Å². The van der Waals surface area contributed by atoms with Gasteiger partial charge in [-0.3, -0.25) is 4.79 Å². The third-order valence-electron chi connectivity index (χ3n) is 3.38. The Kier molecular flexibility index (Phi) is 5.64. The maximum atomic E-state index is 12.1. The van der Waals surface area contributed by atoms with Gasteiger partial charge in [0.1, 0.15) is 5.82 Å². The quantitative estimate of drug-likeness (QED) is 0.843. The number of aromatic nitrogens is 2. The summed E-state index contributed by atoms with van der Waals surface area (Å²) in [6, 6.07) is 3.78. The number of rotatable bonds is 6. The highest BCUT2D eigenvalue weighted by atomic mass is 32.2. The number of hydrogen-bond donors (Lipinski definition) is 2. The minimum absolute atomic E-state index is 0.118. The first-order valence-corrected chi connectivity index (χ1v) is 8.27. The molecule has 1 aromatic rings. The standard InChI is InChI=1S/C14H22N4OS/c1-3-15-13-8-7-12(17-18-13)14(19)16-10-5-6-11(9-10)20-4-2/h7-8,10-11H,3-6,9H2,1-2H3,(H,15,18)(H,16,19). The van der Waals surface area contributed by atoms with Crippen LogP contribution >= 0.6 is 11.8 Å². The van der Waals surface area contributed by atoms with E-state index in [2.05, 4.69) is 27.8 Å². The molecule has 2 N–H and O–H groups in total. The molecule has 0 radical (unpaired) electrons. The van der Waals surface area contributed by atoms with E-state index in [0.29, 0.717) is 16.8 Å². The lowest BCUT2D eigenvalue weighted by molar-refractivity contribution is 0.0932. The third kappa shape index (κ3) is 4.10. The first kappa shape index (κ1) is 15.1. The molecule has 1 aliphatic carbocycles. The van der Waals surface area contributed by atoms with E-state index in [9.17, 15) is 4.79 Å². The van der Waals surface area contributed by atoms with Crippen LogP contribution in [0, 0.1) is 0 Å². The molecule has 0 aromatic carbocycles. The highest BCUT2D eigenvalue weighted by Crippen LogP contribution is 2.29. The van der Waals surface area contributed by atoms with Crippen molar-refractivity contribution in [3.8, 4) is 0 Å². The summed E-state index contributed by atoms with van der Waals surface area (Å²) in [6.45, 7) is 4.96. The van der Waals surface area contributed by atoms with Gasteiger partial charge in [0.2, 0.25) is 0 Å². The van der Waals surface area contributed by atoms with Gasteiger partial charge in [-0.15, -0.1) is 10.2 Å². The van der Waals surface area contributed by atoms with E-state index in [0.717, 1.165) is 25.1 Å². The molecule has 1 aliphatic rings. The van der Waals surface area contributed by atoms with E-state index >= 15 is 0 Å². The Balaban J connectivity index is 1.85. The van der Waals surface area contributed by atoms with E-state index in [-0.39, 0.29) is 11.9 Å². The molecular formula is C14H22N4OS. The van der Waals surface area contributed by atoms with Crippen LogP contribution in [0.2, 0.25) is 0 Å². The predicted molar refractivity (Wildman–Crippen MR) is 83.2 cm³/mol. The van der Waals surface area contributed by atoms with Gasteiger partial charge in [0.05, 0.1) is 0 Å². The molecule has 20 heavy (non-hydrogen) atoms. The van der Waals surface area contributed by atoms with E-state index in [4.69, 9.17) is 0 Å². The van der Waals surface area contributed by atoms with E-state index in [1.807, 2.05) is 18.7 Å². The lowest BCUT2D eigenvalue weighted by Crippen LogP contribution is -2.33. The van der Waals surface area contributed by atoms with E-state index in [1.165, 1.54) is 6.42 Å². The highest BCUT2D eigenvalue weighted by molar-refractivity contribution is 7.99. The first-order valence-electron chi connectivity index (χ1n) is 7.23. The van der Waals surface area contributed by atoms with Crippen LogP contribution in [0.4, 0.5) is 5.82 Å². The Morgan fingerprint density at radius 2 is 2.20 bits per heavy atom. The van der Waals surface area contributed by atoms with Gasteiger partial charge in [0.25, 0.3) is 5.91 Å². The van der Waals surface area contributed by atoms with Gasteiger partial charge < -0.3 is 10.6 Å². The molecule has 2 rings (SSSR count). The molecule has 2 unspecified atom stereocenters. The Bertz CT molecular complexity index is 437. The maximum Gasteiger partial charge on any atom is 0.272 e. The monoisotopic (exact) mass is 294 g/mol. The topological polar surface area (TPSA) is 66.9 Å². The number of nitrogens with one attached hydrogen (secondary N) is 2. The van der Waals surface area contributed by atoms with Gasteiger partial charge in [-0.25, -0.2) is 0 Å². The van der Waals surface area contributed by atoms with Crippen molar-refractivity contribution >= 4 is 23.5 Å². The number of anilines is 1. The molecule has 1 heterocycles. The fraction of sp³-hybridized carbons (Fsp3) is 0.643. The van der Waals surface area contributed by atoms with Crippen molar-refractivity contribution in [1.29, 1.82) is 0 Å². The summed E-state index contributed by atoms with van der Waals surface area (Å²) in [4.78, 5) is 12.1. The molecule has 1 amide bonds. The predicted octanol–water partition coefficient (Wildman–Crippen LogP) is 2.31. The Morgan fingerprint density at radius 3 is 2.85 bits per heavy atom. The molecule has 0 spiro atoms. The fourth-order valence-electron chi connectivity index (χ4n) is 2.45. The first-order chi connectivity index (χ1) is 9.72. The number of carbonyl (C=O) groups is 1. The number of carbonyl (C=O) groups excluding carboxylic acids is 1. The van der Waals surface area contributed by atoms with Crippen molar-refractivity contribution in [3.63, 3.8) is 0 Å². The largest absolute Gasteiger partial charge is 0.369 e. The van der Waals surface area contributed by atoms with Crippen LogP contribution in [0.15, 0.2) is 12.1 Å². The summed E-state index contributed by atoms with van der Waals surface area (Å²) in [5.41, 5.74) is 0.387. The zero-order valence-corrected chi connectivity index (χ0v) is 12.9. The minimum atomic E-state index is -0.118. The van der Waals surface area contributed by atoms with Crippen molar-refractivity contribution in [2.24, 2.45) is 0 Å². The van der Waals surface area contributed by atoms with Crippen molar-refractivity contribution in [2.45, 2.75) is 44.4 Å². The van der Waals surface area contributed by atoms with Crippen LogP contribution in [-0.2, 0) is 0 Å². The highest BCUT2D eigenvalue weighted by Gasteiger charge is 2.26. The van der Waals surface area contributed by atoms with Crippen LogP contribution in [0.25, 0.3) is 0 Å². The number of nitrogens with zero attached hydrogens (tertiary/aromatic N) is 2. The van der Waals surface area contributed by atoms with Gasteiger partial charge in [-0.05, 0) is 44.1 Å². The maximum absolute atomic E-state index is 12.1. The molecule has 0 saturated heterocycles. The fourth-order valence-corrected chi connectivity index (χ4v) is 3.59. The van der Waals surface area contributed by atoms with Crippen molar-refractivity contribution in [2.75, 3.05) is 17.6 Å². The summed E-state index contributed by atoms with van der Waals surface area (Å²) >= 11 is 1.99. The van der Waals surface area contributed by atoms with Crippen LogP contribution in [-0.4, -0.2) is 39.7 Å². The smallest absolute Gasteiger partial charge is 0.272 e. The number of amides is 1. The van der Waals surface area contributed by atoms with Crippen molar-refractivity contribution < 1.29 is 4.79 Å². The van der Waals surface area contributed by atoms with Gasteiger partial charge in [-0.1, -0.05) is 6.92 Å². The van der Waals surface area contributed by atoms with Crippen molar-refractivity contribution in [3.05, 3.63) is 17.8 Å². The third-order valence-corrected chi connectivity index (χ3v) is 4.61. The molecule has 0 aliphatic heterocycles. The zero-order valence-electron chi connectivity index (χ0n) is 12.1. The lowest BCUT2D eigenvalue weighted by Gasteiger charge is -2.12. The molecule has 5 nitrogen and oxygen atoms in total. The van der Waals surface area contributed by atoms with Gasteiger partial charge in [-0.2, -0.15) is 11.8 Å². The Hall–Kier alpha value is -1.30. The van der Waals surface area contributed by atoms with Gasteiger partial charge in [0, 0.05) is 17.8 Å². The lowest BCUT2D eigenvalue weighted by atomic mass is 10.2. The van der Waals surface area contributed by atoms with Gasteiger partial charge >= 0.3 is 0 Å². The van der Waals surface area contributed by atoms with E-state index < -0.39 is 0 Å². The molecule has 1 saturated carbocycles. The van der Waals surface area contributed by atoms with E-state index in [1.54, 1.807) is 12.1 Å². The normalized spacial score (nSPS) is 21.7. The number of thioether (sulfide) groups is 1.